The van der Waals surface area contributed by atoms with Crippen molar-refractivity contribution in [2.45, 2.75) is 46.1 Å². The van der Waals surface area contributed by atoms with E-state index in [1.54, 1.807) is 10.9 Å². The van der Waals surface area contributed by atoms with Gasteiger partial charge in [-0.15, -0.1) is 0 Å². The van der Waals surface area contributed by atoms with Crippen molar-refractivity contribution in [1.82, 2.24) is 24.6 Å². The molecule has 0 fully saturated rings. The molecule has 5 nitrogen and oxygen atoms in total. The maximum atomic E-state index is 6.24. The molecule has 0 N–H and O–H groups in total. The minimum Gasteiger partial charge on any atom is -0.296 e. The van der Waals surface area contributed by atoms with Crippen LogP contribution in [0.5, 0.6) is 0 Å². The van der Waals surface area contributed by atoms with Crippen molar-refractivity contribution in [1.29, 1.82) is 0 Å². The van der Waals surface area contributed by atoms with Crippen LogP contribution in [-0.4, -0.2) is 37.7 Å². The Labute approximate surface area is 131 Å². The highest BCUT2D eigenvalue weighted by Gasteiger charge is 2.12. The van der Waals surface area contributed by atoms with Gasteiger partial charge in [0.2, 0.25) is 0 Å². The van der Waals surface area contributed by atoms with Gasteiger partial charge in [-0.05, 0) is 25.9 Å². The maximum absolute atomic E-state index is 6.24. The van der Waals surface area contributed by atoms with Crippen LogP contribution >= 0.6 is 11.6 Å². The number of fused-ring (bicyclic) bond motifs is 1. The lowest BCUT2D eigenvalue weighted by molar-refractivity contribution is 0.251. The SMILES string of the molecule is CCCCN(CCCC)Cc1nc(Cl)c2cnn(C)c2n1. The van der Waals surface area contributed by atoms with E-state index in [0.717, 1.165) is 36.5 Å². The lowest BCUT2D eigenvalue weighted by Crippen LogP contribution is -2.26. The van der Waals surface area contributed by atoms with Gasteiger partial charge in [-0.1, -0.05) is 38.3 Å². The number of hydrogen-bond acceptors (Lipinski definition) is 4. The molecular weight excluding hydrogens is 286 g/mol. The molecule has 0 aromatic carbocycles. The van der Waals surface area contributed by atoms with Crippen molar-refractivity contribution < 1.29 is 0 Å². The van der Waals surface area contributed by atoms with Gasteiger partial charge in [0.15, 0.2) is 5.65 Å². The van der Waals surface area contributed by atoms with E-state index in [9.17, 15) is 0 Å². The van der Waals surface area contributed by atoms with Gasteiger partial charge in [0.1, 0.15) is 11.0 Å². The standard InChI is InChI=1S/C15H24ClN5/c1-4-6-8-21(9-7-5-2)11-13-18-14(16)12-10-17-20(3)15(12)19-13/h10H,4-9,11H2,1-3H3. The van der Waals surface area contributed by atoms with Gasteiger partial charge >= 0.3 is 0 Å². The Morgan fingerprint density at radius 2 is 1.81 bits per heavy atom. The molecule has 2 aromatic rings. The van der Waals surface area contributed by atoms with Gasteiger partial charge in [0, 0.05) is 7.05 Å². The molecule has 0 atom stereocenters. The van der Waals surface area contributed by atoms with E-state index < -0.39 is 0 Å². The summed E-state index contributed by atoms with van der Waals surface area (Å²) in [6.45, 7) is 7.35. The average molecular weight is 310 g/mol. The molecule has 6 heteroatoms. The Balaban J connectivity index is 2.16. The van der Waals surface area contributed by atoms with Crippen LogP contribution < -0.4 is 0 Å². The van der Waals surface area contributed by atoms with E-state index in [2.05, 4.69) is 33.8 Å². The van der Waals surface area contributed by atoms with Gasteiger partial charge in [-0.3, -0.25) is 9.58 Å². The summed E-state index contributed by atoms with van der Waals surface area (Å²) in [5.41, 5.74) is 0.802. The zero-order chi connectivity index (χ0) is 15.2. The Morgan fingerprint density at radius 3 is 2.43 bits per heavy atom. The van der Waals surface area contributed by atoms with E-state index in [1.807, 2.05) is 7.05 Å². The van der Waals surface area contributed by atoms with Crippen LogP contribution in [0.1, 0.15) is 45.4 Å². The zero-order valence-corrected chi connectivity index (χ0v) is 13.9. The third kappa shape index (κ3) is 4.14. The van der Waals surface area contributed by atoms with Crippen molar-refractivity contribution in [2.75, 3.05) is 13.1 Å². The van der Waals surface area contributed by atoms with Crippen LogP contribution in [-0.2, 0) is 13.6 Å². The van der Waals surface area contributed by atoms with E-state index >= 15 is 0 Å². The molecule has 0 unspecified atom stereocenters. The number of aromatic nitrogens is 4. The molecule has 0 spiro atoms. The van der Waals surface area contributed by atoms with Gasteiger partial charge in [0.25, 0.3) is 0 Å². The fraction of sp³-hybridized carbons (Fsp3) is 0.667. The first-order valence-corrected chi connectivity index (χ1v) is 8.10. The summed E-state index contributed by atoms with van der Waals surface area (Å²) in [4.78, 5) is 11.5. The summed E-state index contributed by atoms with van der Waals surface area (Å²) in [7, 11) is 1.88. The van der Waals surface area contributed by atoms with Crippen LogP contribution in [0.25, 0.3) is 11.0 Å². The molecule has 0 radical (unpaired) electrons. The number of hydrogen-bond donors (Lipinski definition) is 0. The van der Waals surface area contributed by atoms with Crippen LogP contribution in [0.15, 0.2) is 6.20 Å². The quantitative estimate of drug-likeness (QED) is 0.701. The van der Waals surface area contributed by atoms with Crippen molar-refractivity contribution in [2.24, 2.45) is 7.05 Å². The normalized spacial score (nSPS) is 11.7. The molecule has 2 aromatic heterocycles. The van der Waals surface area contributed by atoms with Gasteiger partial charge < -0.3 is 0 Å². The fourth-order valence-electron chi connectivity index (χ4n) is 2.33. The van der Waals surface area contributed by atoms with Gasteiger partial charge in [0.05, 0.1) is 18.1 Å². The lowest BCUT2D eigenvalue weighted by Gasteiger charge is -2.21. The predicted octanol–water partition coefficient (Wildman–Crippen LogP) is 3.42. The van der Waals surface area contributed by atoms with E-state index in [-0.39, 0.29) is 0 Å². The summed E-state index contributed by atoms with van der Waals surface area (Å²) in [5, 5.41) is 5.50. The number of rotatable bonds is 8. The third-order valence-corrected chi connectivity index (χ3v) is 3.90. The molecule has 0 saturated carbocycles. The van der Waals surface area contributed by atoms with Crippen LogP contribution in [0.2, 0.25) is 5.15 Å². The van der Waals surface area contributed by atoms with E-state index in [4.69, 9.17) is 11.6 Å². The molecule has 116 valence electrons. The third-order valence-electron chi connectivity index (χ3n) is 3.61. The monoisotopic (exact) mass is 309 g/mol. The first-order chi connectivity index (χ1) is 10.2. The van der Waals surface area contributed by atoms with Crippen molar-refractivity contribution >= 4 is 22.6 Å². The fourth-order valence-corrected chi connectivity index (χ4v) is 2.56. The van der Waals surface area contributed by atoms with E-state index in [0.29, 0.717) is 5.15 Å². The van der Waals surface area contributed by atoms with Crippen molar-refractivity contribution in [3.05, 3.63) is 17.2 Å². The maximum Gasteiger partial charge on any atom is 0.162 e. The number of halogens is 1. The highest BCUT2D eigenvalue weighted by Crippen LogP contribution is 2.19. The van der Waals surface area contributed by atoms with Crippen LogP contribution in [0.4, 0.5) is 0 Å². The number of nitrogens with zero attached hydrogens (tertiary/aromatic N) is 5. The topological polar surface area (TPSA) is 46.8 Å². The second kappa shape index (κ2) is 7.71. The summed E-state index contributed by atoms with van der Waals surface area (Å²) >= 11 is 6.24. The number of unbranched alkanes of at least 4 members (excludes halogenated alkanes) is 2. The zero-order valence-electron chi connectivity index (χ0n) is 13.1. The molecule has 0 aliphatic heterocycles. The Morgan fingerprint density at radius 1 is 1.14 bits per heavy atom. The smallest absolute Gasteiger partial charge is 0.162 e. The predicted molar refractivity (Wildman–Crippen MR) is 86.4 cm³/mol. The molecule has 2 rings (SSSR count). The first-order valence-electron chi connectivity index (χ1n) is 7.72. The highest BCUT2D eigenvalue weighted by atomic mass is 35.5. The Hall–Kier alpha value is -1.20. The molecular formula is C15H24ClN5. The van der Waals surface area contributed by atoms with Crippen molar-refractivity contribution in [3.8, 4) is 0 Å². The molecule has 0 bridgehead atoms. The average Bonchev–Trinajstić information content (AvgIpc) is 2.84. The Kier molecular flexibility index (Phi) is 5.94. The summed E-state index contributed by atoms with van der Waals surface area (Å²) < 4.78 is 1.74. The highest BCUT2D eigenvalue weighted by molar-refractivity contribution is 6.33. The minimum absolute atomic E-state index is 0.494. The van der Waals surface area contributed by atoms with Gasteiger partial charge in [-0.2, -0.15) is 5.10 Å². The Bertz CT molecular complexity index is 573. The summed E-state index contributed by atoms with van der Waals surface area (Å²) in [5.74, 6) is 0.781. The lowest BCUT2D eigenvalue weighted by atomic mass is 10.2. The second-order valence-corrected chi connectivity index (χ2v) is 5.78. The first kappa shape index (κ1) is 16.2. The molecule has 2 heterocycles. The minimum atomic E-state index is 0.494. The summed E-state index contributed by atoms with van der Waals surface area (Å²) in [6, 6.07) is 0. The van der Waals surface area contributed by atoms with E-state index in [1.165, 1.54) is 25.7 Å². The van der Waals surface area contributed by atoms with Gasteiger partial charge in [-0.25, -0.2) is 9.97 Å². The van der Waals surface area contributed by atoms with Crippen LogP contribution in [0.3, 0.4) is 0 Å². The second-order valence-electron chi connectivity index (χ2n) is 5.42. The molecule has 0 amide bonds. The molecule has 0 saturated heterocycles. The summed E-state index contributed by atoms with van der Waals surface area (Å²) in [6.07, 6.45) is 6.51. The molecule has 0 aliphatic rings. The molecule has 21 heavy (non-hydrogen) atoms. The van der Waals surface area contributed by atoms with Crippen molar-refractivity contribution in [3.63, 3.8) is 0 Å². The number of aryl methyl sites for hydroxylation is 1. The molecule has 0 aliphatic carbocycles. The van der Waals surface area contributed by atoms with Crippen LogP contribution in [0, 0.1) is 0 Å². The largest absolute Gasteiger partial charge is 0.296 e.